The highest BCUT2D eigenvalue weighted by Crippen LogP contribution is 2.65. The molecule has 8 aromatic rings. The molecule has 3 nitrogen and oxygen atoms in total. The van der Waals surface area contributed by atoms with Gasteiger partial charge in [-0.1, -0.05) is 147 Å². The molecular formula is C54H37NO2. The molecular weight excluding hydrogens is 695 g/mol. The van der Waals surface area contributed by atoms with Gasteiger partial charge in [0.25, 0.3) is 0 Å². The first-order valence-corrected chi connectivity index (χ1v) is 19.4. The predicted molar refractivity (Wildman–Crippen MR) is 233 cm³/mol. The molecule has 0 atom stereocenters. The van der Waals surface area contributed by atoms with E-state index in [2.05, 4.69) is 177 Å². The van der Waals surface area contributed by atoms with Gasteiger partial charge in [0, 0.05) is 11.4 Å². The number of nitrogens with zero attached hydrogens (tertiary/aromatic N) is 1. The molecule has 270 valence electrons. The van der Waals surface area contributed by atoms with Gasteiger partial charge >= 0.3 is 0 Å². The highest BCUT2D eigenvalue weighted by atomic mass is 16.6. The minimum atomic E-state index is -0.483. The van der Waals surface area contributed by atoms with Crippen molar-refractivity contribution in [3.05, 3.63) is 234 Å². The number of anilines is 3. The lowest BCUT2D eigenvalue weighted by Gasteiger charge is -2.32. The molecule has 2 aliphatic carbocycles. The van der Waals surface area contributed by atoms with E-state index in [0.717, 1.165) is 44.9 Å². The van der Waals surface area contributed by atoms with Crippen LogP contribution in [-0.2, 0) is 5.41 Å². The molecule has 0 radical (unpaired) electrons. The van der Waals surface area contributed by atoms with E-state index in [9.17, 15) is 0 Å². The Kier molecular flexibility index (Phi) is 7.29. The van der Waals surface area contributed by atoms with Crippen LogP contribution >= 0.6 is 0 Å². The maximum atomic E-state index is 7.10. The van der Waals surface area contributed by atoms with Crippen molar-refractivity contribution >= 4 is 28.2 Å². The fourth-order valence-corrected chi connectivity index (χ4v) is 9.41. The molecule has 0 fully saturated rings. The summed E-state index contributed by atoms with van der Waals surface area (Å²) in [6.07, 6.45) is 0. The normalized spacial score (nSPS) is 13.2. The van der Waals surface area contributed by atoms with Gasteiger partial charge in [-0.15, -0.1) is 0 Å². The van der Waals surface area contributed by atoms with E-state index < -0.39 is 5.41 Å². The zero-order chi connectivity index (χ0) is 38.3. The Bertz CT molecular complexity index is 2910. The number of allylic oxidation sites excluding steroid dienone is 2. The largest absolute Gasteiger partial charge is 0.449 e. The molecule has 0 saturated heterocycles. The van der Waals surface area contributed by atoms with Crippen LogP contribution in [0.5, 0.6) is 23.0 Å². The summed E-state index contributed by atoms with van der Waals surface area (Å²) in [5.41, 5.74) is 17.5. The van der Waals surface area contributed by atoms with Crippen LogP contribution in [0.3, 0.4) is 0 Å². The maximum absolute atomic E-state index is 7.10. The molecule has 57 heavy (non-hydrogen) atoms. The van der Waals surface area contributed by atoms with Crippen molar-refractivity contribution in [1.82, 2.24) is 0 Å². The molecule has 0 saturated carbocycles. The van der Waals surface area contributed by atoms with Gasteiger partial charge in [0.05, 0.1) is 11.1 Å². The van der Waals surface area contributed by atoms with Crippen molar-refractivity contribution in [3.63, 3.8) is 0 Å². The highest BCUT2D eigenvalue weighted by molar-refractivity contribution is 6.04. The molecule has 3 heteroatoms. The minimum absolute atomic E-state index is 0.483. The molecule has 0 unspecified atom stereocenters. The van der Waals surface area contributed by atoms with Crippen LogP contribution in [0.15, 0.2) is 195 Å². The molecule has 1 heterocycles. The summed E-state index contributed by atoms with van der Waals surface area (Å²) in [5, 5.41) is 0. The summed E-state index contributed by atoms with van der Waals surface area (Å²) in [6, 6.07) is 64.3. The van der Waals surface area contributed by atoms with E-state index in [0.29, 0.717) is 23.0 Å². The average Bonchev–Trinajstić information content (AvgIpc) is 3.72. The zero-order valence-electron chi connectivity index (χ0n) is 31.5. The zero-order valence-corrected chi connectivity index (χ0v) is 31.5. The van der Waals surface area contributed by atoms with Crippen molar-refractivity contribution < 1.29 is 9.47 Å². The number of ether oxygens (including phenoxy) is 2. The summed E-state index contributed by atoms with van der Waals surface area (Å²) < 4.78 is 13.9. The van der Waals surface area contributed by atoms with Gasteiger partial charge in [0.15, 0.2) is 23.0 Å². The molecule has 1 spiro atoms. The SMILES string of the molecule is C=C(C(=C)c1ccccc1C)c1ccc(N(c2ccccc2)c2cccc3c2Oc2cc4c(cc2O3)-c2ccccc2C42c3ccccc3-c3ccccc32)cc1. The smallest absolute Gasteiger partial charge is 0.194 e. The Morgan fingerprint density at radius 3 is 1.68 bits per heavy atom. The molecule has 0 amide bonds. The predicted octanol–water partition coefficient (Wildman–Crippen LogP) is 14.4. The van der Waals surface area contributed by atoms with Gasteiger partial charge in [-0.2, -0.15) is 0 Å². The third-order valence-electron chi connectivity index (χ3n) is 12.0. The van der Waals surface area contributed by atoms with Gasteiger partial charge in [0.2, 0.25) is 0 Å². The van der Waals surface area contributed by atoms with Crippen molar-refractivity contribution in [2.45, 2.75) is 12.3 Å². The Morgan fingerprint density at radius 2 is 1.02 bits per heavy atom. The highest BCUT2D eigenvalue weighted by Gasteiger charge is 2.52. The Hall–Kier alpha value is -7.36. The second-order valence-corrected chi connectivity index (χ2v) is 15.0. The third kappa shape index (κ3) is 4.79. The van der Waals surface area contributed by atoms with Gasteiger partial charge in [-0.3, -0.25) is 0 Å². The van der Waals surface area contributed by atoms with Crippen molar-refractivity contribution in [1.29, 1.82) is 0 Å². The van der Waals surface area contributed by atoms with Crippen LogP contribution in [0.2, 0.25) is 0 Å². The van der Waals surface area contributed by atoms with Gasteiger partial charge in [-0.05, 0) is 128 Å². The second kappa shape index (κ2) is 12.6. The number of fused-ring (bicyclic) bond motifs is 12. The number of rotatable bonds is 6. The Labute approximate surface area is 333 Å². The Morgan fingerprint density at radius 1 is 0.456 bits per heavy atom. The van der Waals surface area contributed by atoms with E-state index in [4.69, 9.17) is 9.47 Å². The lowest BCUT2D eigenvalue weighted by molar-refractivity contribution is 0.360. The fraction of sp³-hybridized carbons (Fsp3) is 0.0370. The van der Waals surface area contributed by atoms with E-state index in [-0.39, 0.29) is 0 Å². The number of hydrogen-bond acceptors (Lipinski definition) is 3. The van der Waals surface area contributed by atoms with Crippen LogP contribution in [-0.4, -0.2) is 0 Å². The lowest BCUT2D eigenvalue weighted by atomic mass is 9.70. The van der Waals surface area contributed by atoms with Gasteiger partial charge in [-0.25, -0.2) is 0 Å². The summed E-state index contributed by atoms with van der Waals surface area (Å²) >= 11 is 0. The topological polar surface area (TPSA) is 21.7 Å². The molecule has 0 aromatic heterocycles. The van der Waals surface area contributed by atoms with E-state index >= 15 is 0 Å². The molecule has 0 N–H and O–H groups in total. The quantitative estimate of drug-likeness (QED) is 0.159. The first kappa shape index (κ1) is 33.0. The summed E-state index contributed by atoms with van der Waals surface area (Å²) in [6.45, 7) is 11.0. The van der Waals surface area contributed by atoms with E-state index in [1.807, 2.05) is 30.3 Å². The minimum Gasteiger partial charge on any atom is -0.449 e. The number of aryl methyl sites for hydroxylation is 1. The summed E-state index contributed by atoms with van der Waals surface area (Å²) in [4.78, 5) is 2.23. The fourth-order valence-electron chi connectivity index (χ4n) is 9.41. The van der Waals surface area contributed by atoms with E-state index in [1.165, 1.54) is 44.5 Å². The first-order chi connectivity index (χ1) is 28.0. The monoisotopic (exact) mass is 731 g/mol. The number of benzene rings is 8. The van der Waals surface area contributed by atoms with Crippen LogP contribution < -0.4 is 14.4 Å². The Balaban J connectivity index is 1.03. The first-order valence-electron chi connectivity index (χ1n) is 19.4. The van der Waals surface area contributed by atoms with Gasteiger partial charge in [0.1, 0.15) is 0 Å². The maximum Gasteiger partial charge on any atom is 0.194 e. The molecule has 8 aromatic carbocycles. The van der Waals surface area contributed by atoms with E-state index in [1.54, 1.807) is 0 Å². The standard InChI is InChI=1S/C54H37NO2/c1-34-16-7-8-19-40(34)36(3)35(2)37-28-30-39(31-29-37)55(38-17-5-4-6-18-38)49-26-15-27-50-53(49)57-52-33-48-44(32-51(52)56-50)43-22-11-14-25-47(43)54(48)45-23-12-9-20-41(45)42-21-10-13-24-46(42)54/h4-33H,2-3H2,1H3. The van der Waals surface area contributed by atoms with Crippen molar-refractivity contribution in [2.24, 2.45) is 0 Å². The van der Waals surface area contributed by atoms with Crippen molar-refractivity contribution in [2.75, 3.05) is 4.90 Å². The van der Waals surface area contributed by atoms with Gasteiger partial charge < -0.3 is 14.4 Å². The second-order valence-electron chi connectivity index (χ2n) is 15.0. The molecule has 3 aliphatic rings. The third-order valence-corrected chi connectivity index (χ3v) is 12.0. The summed E-state index contributed by atoms with van der Waals surface area (Å²) in [5.74, 6) is 2.72. The van der Waals surface area contributed by atoms with Crippen LogP contribution in [0.1, 0.15) is 38.9 Å². The van der Waals surface area contributed by atoms with Crippen LogP contribution in [0.4, 0.5) is 17.1 Å². The van der Waals surface area contributed by atoms with Crippen LogP contribution in [0.25, 0.3) is 33.4 Å². The lowest BCUT2D eigenvalue weighted by Crippen LogP contribution is -2.25. The number of hydrogen-bond donors (Lipinski definition) is 0. The number of para-hydroxylation sites is 2. The summed E-state index contributed by atoms with van der Waals surface area (Å²) in [7, 11) is 0. The molecule has 0 bridgehead atoms. The molecule has 1 aliphatic heterocycles. The van der Waals surface area contributed by atoms with Crippen LogP contribution in [0, 0.1) is 6.92 Å². The molecule has 11 rings (SSSR count). The average molecular weight is 732 g/mol. The van der Waals surface area contributed by atoms with Crippen molar-refractivity contribution in [3.8, 4) is 45.3 Å².